The summed E-state index contributed by atoms with van der Waals surface area (Å²) in [5.74, 6) is 0. The Morgan fingerprint density at radius 3 is 2.32 bits per heavy atom. The second kappa shape index (κ2) is 4.71. The van der Waals surface area contributed by atoms with Gasteiger partial charge in [-0.15, -0.1) is 0 Å². The Morgan fingerprint density at radius 2 is 1.79 bits per heavy atom. The van der Waals surface area contributed by atoms with Gasteiger partial charge in [-0.1, -0.05) is 12.1 Å². The number of aromatic amines is 1. The van der Waals surface area contributed by atoms with Crippen LogP contribution in [-0.4, -0.2) is 19.7 Å². The standard InChI is InChI=1S/C13H10N2O3S/c1-19(17,18)12-4-2-9(3-5-12)11-6-10(7-14)13(16)15-8-11/h2-6,8H,1H3,(H,15,16). The van der Waals surface area contributed by atoms with Crippen LogP contribution in [0.1, 0.15) is 5.56 Å². The zero-order chi connectivity index (χ0) is 14.0. The van der Waals surface area contributed by atoms with Crippen molar-refractivity contribution in [2.75, 3.05) is 6.26 Å². The molecule has 1 aromatic carbocycles. The van der Waals surface area contributed by atoms with Gasteiger partial charge in [0, 0.05) is 12.5 Å². The molecule has 0 amide bonds. The fraction of sp³-hybridized carbons (Fsp3) is 0.0769. The maximum absolute atomic E-state index is 11.3. The van der Waals surface area contributed by atoms with Crippen LogP contribution < -0.4 is 5.56 Å². The number of benzene rings is 1. The van der Waals surface area contributed by atoms with Crippen molar-refractivity contribution in [3.05, 3.63) is 52.4 Å². The van der Waals surface area contributed by atoms with Gasteiger partial charge < -0.3 is 4.98 Å². The summed E-state index contributed by atoms with van der Waals surface area (Å²) in [6.45, 7) is 0. The van der Waals surface area contributed by atoms with E-state index in [0.717, 1.165) is 11.8 Å². The third-order valence-corrected chi connectivity index (χ3v) is 3.77. The summed E-state index contributed by atoms with van der Waals surface area (Å²) in [6.07, 6.45) is 2.62. The summed E-state index contributed by atoms with van der Waals surface area (Å²) in [5, 5.41) is 8.79. The molecule has 2 aromatic rings. The highest BCUT2D eigenvalue weighted by atomic mass is 32.2. The molecular formula is C13H10N2O3S. The molecule has 1 heterocycles. The van der Waals surface area contributed by atoms with E-state index >= 15 is 0 Å². The van der Waals surface area contributed by atoms with Crippen molar-refractivity contribution in [3.8, 4) is 17.2 Å². The fourth-order valence-corrected chi connectivity index (χ4v) is 2.26. The van der Waals surface area contributed by atoms with E-state index in [0.29, 0.717) is 5.56 Å². The van der Waals surface area contributed by atoms with Gasteiger partial charge >= 0.3 is 0 Å². The van der Waals surface area contributed by atoms with E-state index in [4.69, 9.17) is 5.26 Å². The topological polar surface area (TPSA) is 90.8 Å². The average molecular weight is 274 g/mol. The molecule has 19 heavy (non-hydrogen) atoms. The van der Waals surface area contributed by atoms with E-state index < -0.39 is 15.4 Å². The summed E-state index contributed by atoms with van der Waals surface area (Å²) in [5.41, 5.74) is 0.944. The second-order valence-electron chi connectivity index (χ2n) is 4.04. The number of pyridine rings is 1. The van der Waals surface area contributed by atoms with Crippen LogP contribution in [0.15, 0.2) is 46.2 Å². The van der Waals surface area contributed by atoms with Gasteiger partial charge in [0.1, 0.15) is 11.6 Å². The van der Waals surface area contributed by atoms with Crippen LogP contribution in [0.5, 0.6) is 0 Å². The van der Waals surface area contributed by atoms with Crippen molar-refractivity contribution < 1.29 is 8.42 Å². The Kier molecular flexibility index (Phi) is 3.23. The number of aromatic nitrogens is 1. The van der Waals surface area contributed by atoms with Crippen LogP contribution in [0.3, 0.4) is 0 Å². The van der Waals surface area contributed by atoms with Crippen molar-refractivity contribution in [3.63, 3.8) is 0 Å². The maximum Gasteiger partial charge on any atom is 0.265 e. The summed E-state index contributed by atoms with van der Waals surface area (Å²) >= 11 is 0. The summed E-state index contributed by atoms with van der Waals surface area (Å²) in [4.78, 5) is 14.0. The molecule has 0 radical (unpaired) electrons. The Labute approximate surface area is 110 Å². The van der Waals surface area contributed by atoms with Gasteiger partial charge in [0.15, 0.2) is 9.84 Å². The quantitative estimate of drug-likeness (QED) is 0.894. The number of nitriles is 1. The van der Waals surface area contributed by atoms with Crippen molar-refractivity contribution in [2.45, 2.75) is 4.90 Å². The zero-order valence-corrected chi connectivity index (χ0v) is 10.9. The average Bonchev–Trinajstić information content (AvgIpc) is 2.38. The zero-order valence-electron chi connectivity index (χ0n) is 10.0. The van der Waals surface area contributed by atoms with E-state index in [9.17, 15) is 13.2 Å². The molecule has 0 unspecified atom stereocenters. The monoisotopic (exact) mass is 274 g/mol. The lowest BCUT2D eigenvalue weighted by atomic mass is 10.1. The van der Waals surface area contributed by atoms with Crippen LogP contribution in [0.25, 0.3) is 11.1 Å². The minimum absolute atomic E-state index is 0.0182. The molecule has 0 aliphatic heterocycles. The van der Waals surface area contributed by atoms with Gasteiger partial charge in [0.25, 0.3) is 5.56 Å². The van der Waals surface area contributed by atoms with Crippen molar-refractivity contribution >= 4 is 9.84 Å². The highest BCUT2D eigenvalue weighted by Gasteiger charge is 2.08. The number of sulfone groups is 1. The van der Waals surface area contributed by atoms with Gasteiger partial charge in [-0.05, 0) is 29.3 Å². The first-order chi connectivity index (χ1) is 8.91. The van der Waals surface area contributed by atoms with Gasteiger partial charge in [-0.2, -0.15) is 5.26 Å². The van der Waals surface area contributed by atoms with Crippen LogP contribution in [0, 0.1) is 11.3 Å². The van der Waals surface area contributed by atoms with E-state index in [2.05, 4.69) is 4.98 Å². The van der Waals surface area contributed by atoms with E-state index in [1.807, 2.05) is 0 Å². The molecule has 0 atom stereocenters. The molecule has 0 saturated heterocycles. The van der Waals surface area contributed by atoms with Crippen molar-refractivity contribution in [1.29, 1.82) is 5.26 Å². The predicted molar refractivity (Wildman–Crippen MR) is 70.3 cm³/mol. The molecular weight excluding hydrogens is 264 g/mol. The van der Waals surface area contributed by atoms with Crippen LogP contribution in [0.4, 0.5) is 0 Å². The second-order valence-corrected chi connectivity index (χ2v) is 6.06. The molecule has 2 rings (SSSR count). The molecule has 1 aromatic heterocycles. The van der Waals surface area contributed by atoms with E-state index in [-0.39, 0.29) is 10.5 Å². The molecule has 0 aliphatic rings. The first-order valence-electron chi connectivity index (χ1n) is 5.35. The molecule has 0 spiro atoms. The molecule has 1 N–H and O–H groups in total. The minimum atomic E-state index is -3.23. The molecule has 0 bridgehead atoms. The van der Waals surface area contributed by atoms with Crippen LogP contribution in [-0.2, 0) is 9.84 Å². The minimum Gasteiger partial charge on any atom is -0.327 e. The number of hydrogen-bond acceptors (Lipinski definition) is 4. The van der Waals surface area contributed by atoms with Gasteiger partial charge in [-0.3, -0.25) is 4.79 Å². The SMILES string of the molecule is CS(=O)(=O)c1ccc(-c2c[nH]c(=O)c(C#N)c2)cc1. The summed E-state index contributed by atoms with van der Waals surface area (Å²) in [7, 11) is -3.23. The number of nitrogens with zero attached hydrogens (tertiary/aromatic N) is 1. The third kappa shape index (κ3) is 2.72. The Hall–Kier alpha value is -2.39. The molecule has 0 aliphatic carbocycles. The van der Waals surface area contributed by atoms with Crippen LogP contribution >= 0.6 is 0 Å². The first-order valence-corrected chi connectivity index (χ1v) is 7.24. The molecule has 6 heteroatoms. The van der Waals surface area contributed by atoms with E-state index in [1.165, 1.54) is 24.4 Å². The Morgan fingerprint density at radius 1 is 1.16 bits per heavy atom. The number of rotatable bonds is 2. The maximum atomic E-state index is 11.3. The fourth-order valence-electron chi connectivity index (χ4n) is 1.63. The Balaban J connectivity index is 2.49. The largest absolute Gasteiger partial charge is 0.327 e. The van der Waals surface area contributed by atoms with Gasteiger partial charge in [-0.25, -0.2) is 8.42 Å². The lowest BCUT2D eigenvalue weighted by Gasteiger charge is -2.03. The van der Waals surface area contributed by atoms with Crippen molar-refractivity contribution in [1.82, 2.24) is 4.98 Å². The predicted octanol–water partition coefficient (Wildman–Crippen LogP) is 1.32. The number of hydrogen-bond donors (Lipinski definition) is 1. The lowest BCUT2D eigenvalue weighted by Crippen LogP contribution is -2.08. The number of nitrogens with one attached hydrogen (secondary N) is 1. The summed E-state index contributed by atoms with van der Waals surface area (Å²) in [6, 6.07) is 9.50. The first kappa shape index (κ1) is 13.1. The smallest absolute Gasteiger partial charge is 0.265 e. The molecule has 0 fully saturated rings. The van der Waals surface area contributed by atoms with Crippen LogP contribution in [0.2, 0.25) is 0 Å². The molecule has 5 nitrogen and oxygen atoms in total. The number of H-pyrrole nitrogens is 1. The Bertz CT molecular complexity index is 812. The van der Waals surface area contributed by atoms with Gasteiger partial charge in [0.2, 0.25) is 0 Å². The van der Waals surface area contributed by atoms with E-state index in [1.54, 1.807) is 18.2 Å². The highest BCUT2D eigenvalue weighted by molar-refractivity contribution is 7.90. The van der Waals surface area contributed by atoms with Gasteiger partial charge in [0.05, 0.1) is 4.90 Å². The van der Waals surface area contributed by atoms with Crippen molar-refractivity contribution in [2.24, 2.45) is 0 Å². The third-order valence-electron chi connectivity index (χ3n) is 2.64. The normalized spacial score (nSPS) is 10.9. The summed E-state index contributed by atoms with van der Waals surface area (Å²) < 4.78 is 22.7. The molecule has 0 saturated carbocycles. The molecule has 96 valence electrons. The highest BCUT2D eigenvalue weighted by Crippen LogP contribution is 2.20. The lowest BCUT2D eigenvalue weighted by molar-refractivity contribution is 0.602.